The molecule has 1 aliphatic heterocycles. The second-order valence-electron chi connectivity index (χ2n) is 7.36. The number of halogens is 2. The van der Waals surface area contributed by atoms with Crippen molar-refractivity contribution < 1.29 is 9.13 Å². The zero-order chi connectivity index (χ0) is 19.3. The number of hydrogen-bond acceptors (Lipinski definition) is 3. The molecule has 29 heavy (non-hydrogen) atoms. The number of morpholine rings is 1. The number of aliphatic imine (C=N–C) groups is 1. The Labute approximate surface area is 188 Å². The number of fused-ring (bicyclic) bond motifs is 1. The molecule has 0 amide bonds. The zero-order valence-electron chi connectivity index (χ0n) is 16.5. The number of benzene rings is 2. The van der Waals surface area contributed by atoms with Gasteiger partial charge in [0.25, 0.3) is 0 Å². The van der Waals surface area contributed by atoms with Crippen LogP contribution >= 0.6 is 24.0 Å². The second-order valence-corrected chi connectivity index (χ2v) is 7.36. The van der Waals surface area contributed by atoms with Crippen LogP contribution in [0.2, 0.25) is 0 Å². The summed E-state index contributed by atoms with van der Waals surface area (Å²) in [6.07, 6.45) is 4.64. The largest absolute Gasteiger partial charge is 0.378 e. The van der Waals surface area contributed by atoms with Crippen LogP contribution in [0.3, 0.4) is 0 Å². The smallest absolute Gasteiger partial charge is 0.193 e. The fourth-order valence-corrected chi connectivity index (χ4v) is 3.96. The Hall–Kier alpha value is -1.87. The Morgan fingerprint density at radius 1 is 1.14 bits per heavy atom. The number of nitrogens with zero attached hydrogens (tertiary/aromatic N) is 2. The summed E-state index contributed by atoms with van der Waals surface area (Å²) in [4.78, 5) is 6.42. The number of ether oxygens (including phenoxy) is 1. The molecule has 0 saturated carbocycles. The Kier molecular flexibility index (Phi) is 7.71. The van der Waals surface area contributed by atoms with E-state index in [9.17, 15) is 4.39 Å². The van der Waals surface area contributed by atoms with E-state index in [0.717, 1.165) is 24.1 Å². The van der Waals surface area contributed by atoms with E-state index < -0.39 is 0 Å². The molecule has 4 rings (SSSR count). The van der Waals surface area contributed by atoms with Crippen molar-refractivity contribution in [3.8, 4) is 0 Å². The molecule has 5 nitrogen and oxygen atoms in total. The molecule has 1 fully saturated rings. The maximum Gasteiger partial charge on any atom is 0.193 e. The van der Waals surface area contributed by atoms with Gasteiger partial charge in [-0.1, -0.05) is 18.2 Å². The van der Waals surface area contributed by atoms with E-state index in [4.69, 9.17) is 10.5 Å². The summed E-state index contributed by atoms with van der Waals surface area (Å²) in [7, 11) is 0. The number of guanidine groups is 1. The van der Waals surface area contributed by atoms with Crippen LogP contribution in [0.1, 0.15) is 29.5 Å². The highest BCUT2D eigenvalue weighted by Crippen LogP contribution is 2.27. The third-order valence-electron chi connectivity index (χ3n) is 5.45. The van der Waals surface area contributed by atoms with E-state index in [1.807, 2.05) is 23.1 Å². The lowest BCUT2D eigenvalue weighted by molar-refractivity contribution is 0.122. The minimum Gasteiger partial charge on any atom is -0.378 e. The van der Waals surface area contributed by atoms with Crippen molar-refractivity contribution in [2.24, 2.45) is 10.7 Å². The van der Waals surface area contributed by atoms with Crippen molar-refractivity contribution in [3.63, 3.8) is 0 Å². The first kappa shape index (κ1) is 21.8. The molecular formula is C22H28FIN4O. The summed E-state index contributed by atoms with van der Waals surface area (Å²) in [6.45, 7) is 3.04. The van der Waals surface area contributed by atoms with Crippen LogP contribution in [0.5, 0.6) is 0 Å². The molecule has 2 aliphatic rings. The molecule has 0 spiro atoms. The first-order valence-electron chi connectivity index (χ1n) is 9.99. The van der Waals surface area contributed by atoms with E-state index in [1.54, 1.807) is 6.07 Å². The van der Waals surface area contributed by atoms with Crippen LogP contribution < -0.4 is 16.0 Å². The Morgan fingerprint density at radius 3 is 2.72 bits per heavy atom. The highest BCUT2D eigenvalue weighted by atomic mass is 127. The lowest BCUT2D eigenvalue weighted by Crippen LogP contribution is -2.36. The van der Waals surface area contributed by atoms with Gasteiger partial charge in [-0.3, -0.25) is 0 Å². The molecule has 0 radical (unpaired) electrons. The molecule has 2 aromatic carbocycles. The first-order valence-corrected chi connectivity index (χ1v) is 9.99. The SMILES string of the molecule is I.NC(=NCc1ccc(N2CCOCC2)c(F)c1)Nc1cccc2c1CCCC2. The lowest BCUT2D eigenvalue weighted by Gasteiger charge is -2.29. The topological polar surface area (TPSA) is 62.9 Å². The minimum atomic E-state index is -0.224. The maximum atomic E-state index is 14.5. The minimum absolute atomic E-state index is 0. The van der Waals surface area contributed by atoms with Gasteiger partial charge in [0.15, 0.2) is 5.96 Å². The van der Waals surface area contributed by atoms with Crippen LogP contribution in [0, 0.1) is 5.82 Å². The molecule has 0 atom stereocenters. The average Bonchev–Trinajstić information content (AvgIpc) is 2.73. The van der Waals surface area contributed by atoms with Gasteiger partial charge in [0.05, 0.1) is 25.4 Å². The van der Waals surface area contributed by atoms with Crippen LogP contribution in [-0.4, -0.2) is 32.3 Å². The van der Waals surface area contributed by atoms with Gasteiger partial charge in [-0.2, -0.15) is 0 Å². The van der Waals surface area contributed by atoms with Gasteiger partial charge in [0.2, 0.25) is 0 Å². The molecule has 2 aromatic rings. The summed E-state index contributed by atoms with van der Waals surface area (Å²) in [5.41, 5.74) is 11.3. The molecule has 1 saturated heterocycles. The monoisotopic (exact) mass is 510 g/mol. The molecule has 7 heteroatoms. The third kappa shape index (κ3) is 5.39. The van der Waals surface area contributed by atoms with Gasteiger partial charge in [-0.25, -0.2) is 9.38 Å². The number of hydrogen-bond donors (Lipinski definition) is 2. The first-order chi connectivity index (χ1) is 13.7. The van der Waals surface area contributed by atoms with Gasteiger partial charge >= 0.3 is 0 Å². The standard InChI is InChI=1S/C22H27FN4O.HI/c23-19-14-16(8-9-21(19)27-10-12-28-13-11-27)15-25-22(24)26-20-7-3-5-17-4-1-2-6-18(17)20;/h3,5,7-9,14H,1-2,4,6,10-13,15H2,(H3,24,25,26);1H. The predicted molar refractivity (Wildman–Crippen MR) is 127 cm³/mol. The van der Waals surface area contributed by atoms with Crippen LogP contribution in [0.15, 0.2) is 41.4 Å². The second kappa shape index (κ2) is 10.2. The van der Waals surface area contributed by atoms with Crippen molar-refractivity contribution in [3.05, 3.63) is 58.9 Å². The van der Waals surface area contributed by atoms with Crippen molar-refractivity contribution in [1.82, 2.24) is 0 Å². The van der Waals surface area contributed by atoms with E-state index >= 15 is 0 Å². The fraction of sp³-hybridized carbons (Fsp3) is 0.409. The summed E-state index contributed by atoms with van der Waals surface area (Å²) in [6, 6.07) is 11.6. The Morgan fingerprint density at radius 2 is 1.93 bits per heavy atom. The summed E-state index contributed by atoms with van der Waals surface area (Å²) in [5.74, 6) is 0.134. The van der Waals surface area contributed by atoms with Gasteiger partial charge in [-0.05, 0) is 60.6 Å². The van der Waals surface area contributed by atoms with Crippen molar-refractivity contribution >= 4 is 41.3 Å². The Bertz CT molecular complexity index is 868. The van der Waals surface area contributed by atoms with Gasteiger partial charge in [0.1, 0.15) is 5.82 Å². The number of rotatable bonds is 4. The quantitative estimate of drug-likeness (QED) is 0.370. The van der Waals surface area contributed by atoms with E-state index in [0.29, 0.717) is 44.5 Å². The van der Waals surface area contributed by atoms with Crippen LogP contribution in [0.25, 0.3) is 0 Å². The average molecular weight is 510 g/mol. The predicted octanol–water partition coefficient (Wildman–Crippen LogP) is 4.09. The molecular weight excluding hydrogens is 482 g/mol. The molecule has 3 N–H and O–H groups in total. The maximum absolute atomic E-state index is 14.5. The summed E-state index contributed by atoms with van der Waals surface area (Å²) < 4.78 is 19.8. The van der Waals surface area contributed by atoms with Gasteiger partial charge in [-0.15, -0.1) is 24.0 Å². The van der Waals surface area contributed by atoms with Gasteiger partial charge in [0, 0.05) is 18.8 Å². The van der Waals surface area contributed by atoms with E-state index in [2.05, 4.69) is 22.4 Å². The zero-order valence-corrected chi connectivity index (χ0v) is 18.8. The van der Waals surface area contributed by atoms with E-state index in [1.165, 1.54) is 24.0 Å². The number of nitrogens with one attached hydrogen (secondary N) is 1. The van der Waals surface area contributed by atoms with Crippen LogP contribution in [0.4, 0.5) is 15.8 Å². The molecule has 156 valence electrons. The van der Waals surface area contributed by atoms with Gasteiger partial charge < -0.3 is 20.7 Å². The summed E-state index contributed by atoms with van der Waals surface area (Å²) in [5, 5.41) is 3.23. The summed E-state index contributed by atoms with van der Waals surface area (Å²) >= 11 is 0. The number of nitrogens with two attached hydrogens (primary N) is 1. The molecule has 0 bridgehead atoms. The highest BCUT2D eigenvalue weighted by molar-refractivity contribution is 14.0. The van der Waals surface area contributed by atoms with Crippen LogP contribution in [-0.2, 0) is 24.1 Å². The number of anilines is 2. The fourth-order valence-electron chi connectivity index (χ4n) is 3.96. The van der Waals surface area contributed by atoms with Crippen molar-refractivity contribution in [2.45, 2.75) is 32.2 Å². The van der Waals surface area contributed by atoms with E-state index in [-0.39, 0.29) is 29.8 Å². The molecule has 1 heterocycles. The lowest BCUT2D eigenvalue weighted by atomic mass is 9.90. The molecule has 1 aliphatic carbocycles. The van der Waals surface area contributed by atoms with Crippen molar-refractivity contribution in [1.29, 1.82) is 0 Å². The normalized spacial score (nSPS) is 16.7. The third-order valence-corrected chi connectivity index (χ3v) is 5.45. The Balaban J connectivity index is 0.00000240. The van der Waals surface area contributed by atoms with Crippen molar-refractivity contribution in [2.75, 3.05) is 36.5 Å². The number of aryl methyl sites for hydroxylation is 1. The molecule has 0 aromatic heterocycles. The highest BCUT2D eigenvalue weighted by Gasteiger charge is 2.15. The molecule has 0 unspecified atom stereocenters.